The molecule has 3 rings (SSSR count). The highest BCUT2D eigenvalue weighted by molar-refractivity contribution is 5.91. The van der Waals surface area contributed by atoms with Crippen LogP contribution in [-0.4, -0.2) is 55.6 Å². The van der Waals surface area contributed by atoms with Gasteiger partial charge in [0, 0.05) is 38.1 Å². The quantitative estimate of drug-likeness (QED) is 0.667. The minimum atomic E-state index is -0.512. The highest BCUT2D eigenvalue weighted by Gasteiger charge is 2.38. The average Bonchev–Trinajstić information content (AvgIpc) is 2.77. The van der Waals surface area contributed by atoms with Gasteiger partial charge in [-0.1, -0.05) is 31.4 Å². The summed E-state index contributed by atoms with van der Waals surface area (Å²) in [5.41, 5.74) is 1.09. The molecule has 1 saturated heterocycles. The minimum Gasteiger partial charge on any atom is -0.497 e. The standard InChI is InChI=1S/C25H37NO5/c1-3-30-25-21(10-9-17-27)22(19-11-13-20(29-2)14-12-19)18-23(31-25)24(28)26-15-7-5-4-6-8-16-26/h11-14,18,21-22,25,27H,3-10,15-17H2,1-2H3/t21-,22-,25-/m0/s1. The highest BCUT2D eigenvalue weighted by atomic mass is 16.7. The largest absolute Gasteiger partial charge is 0.497 e. The number of nitrogens with zero attached hydrogens (tertiary/aromatic N) is 1. The number of hydrogen-bond acceptors (Lipinski definition) is 5. The topological polar surface area (TPSA) is 68.2 Å². The summed E-state index contributed by atoms with van der Waals surface area (Å²) in [4.78, 5) is 15.3. The van der Waals surface area contributed by atoms with Crippen molar-refractivity contribution >= 4 is 5.91 Å². The van der Waals surface area contributed by atoms with Gasteiger partial charge in [-0.15, -0.1) is 0 Å². The number of likely N-dealkylation sites (tertiary alicyclic amines) is 1. The Morgan fingerprint density at radius 3 is 2.42 bits per heavy atom. The van der Waals surface area contributed by atoms with E-state index >= 15 is 0 Å². The summed E-state index contributed by atoms with van der Waals surface area (Å²) < 4.78 is 17.4. The molecular weight excluding hydrogens is 394 g/mol. The van der Waals surface area contributed by atoms with Crippen molar-refractivity contribution in [3.8, 4) is 5.75 Å². The van der Waals surface area contributed by atoms with Gasteiger partial charge >= 0.3 is 0 Å². The van der Waals surface area contributed by atoms with Crippen LogP contribution in [0.1, 0.15) is 63.4 Å². The molecule has 0 unspecified atom stereocenters. The fraction of sp³-hybridized carbons (Fsp3) is 0.640. The third-order valence-corrected chi connectivity index (χ3v) is 6.27. The second-order valence-electron chi connectivity index (χ2n) is 8.36. The van der Waals surface area contributed by atoms with Crippen molar-refractivity contribution in [3.05, 3.63) is 41.7 Å². The van der Waals surface area contributed by atoms with Crippen LogP contribution in [0, 0.1) is 5.92 Å². The summed E-state index contributed by atoms with van der Waals surface area (Å²) in [6, 6.07) is 7.96. The Labute approximate surface area is 186 Å². The molecule has 1 aromatic carbocycles. The van der Waals surface area contributed by atoms with Gasteiger partial charge in [0.15, 0.2) is 5.76 Å². The predicted molar refractivity (Wildman–Crippen MR) is 120 cm³/mol. The molecule has 1 amide bonds. The number of aliphatic hydroxyl groups is 1. The maximum absolute atomic E-state index is 13.4. The lowest BCUT2D eigenvalue weighted by atomic mass is 9.80. The SMILES string of the molecule is CCO[C@H]1OC(C(=O)N2CCCCCCC2)=C[C@@H](c2ccc(OC)cc2)[C@@H]1CCCO. The predicted octanol–water partition coefficient (Wildman–Crippen LogP) is 4.24. The summed E-state index contributed by atoms with van der Waals surface area (Å²) in [5.74, 6) is 1.14. The van der Waals surface area contributed by atoms with Crippen molar-refractivity contribution in [2.75, 3.05) is 33.4 Å². The first-order valence-electron chi connectivity index (χ1n) is 11.7. The molecule has 6 heteroatoms. The number of benzene rings is 1. The van der Waals surface area contributed by atoms with Gasteiger partial charge in [-0.2, -0.15) is 0 Å². The number of amides is 1. The van der Waals surface area contributed by atoms with Crippen LogP contribution in [0.4, 0.5) is 0 Å². The number of ether oxygens (including phenoxy) is 3. The van der Waals surface area contributed by atoms with Crippen LogP contribution < -0.4 is 4.74 Å². The number of rotatable bonds is 8. The third-order valence-electron chi connectivity index (χ3n) is 6.27. The van der Waals surface area contributed by atoms with E-state index < -0.39 is 6.29 Å². The highest BCUT2D eigenvalue weighted by Crippen LogP contribution is 2.40. The lowest BCUT2D eigenvalue weighted by Crippen LogP contribution is -2.41. The molecule has 1 fully saturated rings. The number of carbonyl (C=O) groups is 1. The first kappa shape index (κ1) is 23.6. The van der Waals surface area contributed by atoms with Crippen LogP contribution in [0.5, 0.6) is 5.75 Å². The van der Waals surface area contributed by atoms with Gasteiger partial charge in [-0.05, 0) is 56.4 Å². The Hall–Kier alpha value is -2.05. The molecule has 31 heavy (non-hydrogen) atoms. The molecule has 0 aromatic heterocycles. The van der Waals surface area contributed by atoms with Gasteiger partial charge in [0.25, 0.3) is 5.91 Å². The van der Waals surface area contributed by atoms with E-state index in [2.05, 4.69) is 0 Å². The smallest absolute Gasteiger partial charge is 0.288 e. The van der Waals surface area contributed by atoms with E-state index in [9.17, 15) is 9.90 Å². The van der Waals surface area contributed by atoms with Gasteiger partial charge in [0.1, 0.15) is 5.75 Å². The van der Waals surface area contributed by atoms with Crippen LogP contribution in [0.15, 0.2) is 36.1 Å². The molecule has 2 aliphatic heterocycles. The fourth-order valence-corrected chi connectivity index (χ4v) is 4.57. The zero-order chi connectivity index (χ0) is 22.1. The van der Waals surface area contributed by atoms with Crippen molar-refractivity contribution in [3.63, 3.8) is 0 Å². The van der Waals surface area contributed by atoms with Gasteiger partial charge in [0.2, 0.25) is 6.29 Å². The first-order valence-corrected chi connectivity index (χ1v) is 11.7. The number of hydrogen-bond donors (Lipinski definition) is 1. The molecule has 2 aliphatic rings. The Morgan fingerprint density at radius 1 is 1.13 bits per heavy atom. The van der Waals surface area contributed by atoms with Crippen molar-refractivity contribution in [1.29, 1.82) is 0 Å². The van der Waals surface area contributed by atoms with E-state index in [0.29, 0.717) is 18.8 Å². The summed E-state index contributed by atoms with van der Waals surface area (Å²) in [6.45, 7) is 4.11. The molecule has 3 atom stereocenters. The van der Waals surface area contributed by atoms with Crippen molar-refractivity contribution in [2.45, 2.75) is 64.1 Å². The fourth-order valence-electron chi connectivity index (χ4n) is 4.57. The second kappa shape index (κ2) is 12.1. The van der Waals surface area contributed by atoms with Crippen LogP contribution in [-0.2, 0) is 14.3 Å². The zero-order valence-electron chi connectivity index (χ0n) is 18.9. The number of carbonyl (C=O) groups excluding carboxylic acids is 1. The molecular formula is C25H37NO5. The second-order valence-corrected chi connectivity index (χ2v) is 8.36. The summed E-state index contributed by atoms with van der Waals surface area (Å²) in [5, 5.41) is 9.42. The van der Waals surface area contributed by atoms with Crippen molar-refractivity contribution in [2.24, 2.45) is 5.92 Å². The molecule has 6 nitrogen and oxygen atoms in total. The van der Waals surface area contributed by atoms with Gasteiger partial charge in [-0.3, -0.25) is 4.79 Å². The Kier molecular flexibility index (Phi) is 9.22. The Morgan fingerprint density at radius 2 is 1.81 bits per heavy atom. The van der Waals surface area contributed by atoms with Gasteiger partial charge in [0.05, 0.1) is 7.11 Å². The van der Waals surface area contributed by atoms with Gasteiger partial charge in [-0.25, -0.2) is 0 Å². The molecule has 1 aromatic rings. The molecule has 2 heterocycles. The number of aliphatic hydroxyl groups excluding tert-OH is 1. The lowest BCUT2D eigenvalue weighted by molar-refractivity contribution is -0.170. The lowest BCUT2D eigenvalue weighted by Gasteiger charge is -2.38. The normalized spacial score (nSPS) is 24.5. The molecule has 0 spiro atoms. The Balaban J connectivity index is 1.91. The van der Waals surface area contributed by atoms with E-state index in [1.54, 1.807) is 7.11 Å². The van der Waals surface area contributed by atoms with E-state index in [-0.39, 0.29) is 24.3 Å². The van der Waals surface area contributed by atoms with Crippen LogP contribution in [0.3, 0.4) is 0 Å². The maximum Gasteiger partial charge on any atom is 0.288 e. The van der Waals surface area contributed by atoms with Crippen LogP contribution in [0.25, 0.3) is 0 Å². The van der Waals surface area contributed by atoms with Gasteiger partial charge < -0.3 is 24.2 Å². The average molecular weight is 432 g/mol. The van der Waals surface area contributed by atoms with Crippen molar-refractivity contribution in [1.82, 2.24) is 4.90 Å². The third kappa shape index (κ3) is 6.23. The number of allylic oxidation sites excluding steroid dienone is 1. The minimum absolute atomic E-state index is 0.0179. The maximum atomic E-state index is 13.4. The van der Waals surface area contributed by atoms with Crippen molar-refractivity contribution < 1.29 is 24.1 Å². The van der Waals surface area contributed by atoms with E-state index in [0.717, 1.165) is 43.7 Å². The Bertz CT molecular complexity index is 709. The molecule has 0 aliphatic carbocycles. The number of methoxy groups -OCH3 is 1. The molecule has 1 N–H and O–H groups in total. The van der Waals surface area contributed by atoms with Crippen LogP contribution in [0.2, 0.25) is 0 Å². The zero-order valence-corrected chi connectivity index (χ0v) is 18.9. The summed E-state index contributed by atoms with van der Waals surface area (Å²) in [7, 11) is 1.65. The monoisotopic (exact) mass is 431 g/mol. The summed E-state index contributed by atoms with van der Waals surface area (Å²) in [6.07, 6.45) is 8.53. The van der Waals surface area contributed by atoms with Crippen LogP contribution >= 0.6 is 0 Å². The van der Waals surface area contributed by atoms with E-state index in [4.69, 9.17) is 14.2 Å². The first-order chi connectivity index (χ1) is 15.2. The molecule has 0 radical (unpaired) electrons. The molecule has 0 bridgehead atoms. The molecule has 172 valence electrons. The summed E-state index contributed by atoms with van der Waals surface area (Å²) >= 11 is 0. The molecule has 0 saturated carbocycles. The van der Waals surface area contributed by atoms with E-state index in [1.165, 1.54) is 19.3 Å². The van der Waals surface area contributed by atoms with E-state index in [1.807, 2.05) is 42.2 Å².